The molecule has 0 aliphatic carbocycles. The Labute approximate surface area is 103 Å². The summed E-state index contributed by atoms with van der Waals surface area (Å²) >= 11 is 5.65. The lowest BCUT2D eigenvalue weighted by atomic mass is 9.99. The van der Waals surface area contributed by atoms with E-state index in [1.54, 1.807) is 18.2 Å². The zero-order valence-corrected chi connectivity index (χ0v) is 9.59. The molecule has 0 spiro atoms. The van der Waals surface area contributed by atoms with Crippen LogP contribution < -0.4 is 5.73 Å². The first-order valence-corrected chi connectivity index (χ1v) is 5.41. The smallest absolute Gasteiger partial charge is 0.129 e. The first-order valence-electron chi connectivity index (χ1n) is 5.04. The number of hydrogen-bond acceptors (Lipinski definition) is 1. The number of benzene rings is 2. The molecule has 2 aromatic rings. The highest BCUT2D eigenvalue weighted by molar-refractivity contribution is 6.30. The van der Waals surface area contributed by atoms with Gasteiger partial charge in [0.1, 0.15) is 11.6 Å². The van der Waals surface area contributed by atoms with Crippen molar-refractivity contribution in [3.63, 3.8) is 0 Å². The van der Waals surface area contributed by atoms with Gasteiger partial charge in [0.2, 0.25) is 0 Å². The Morgan fingerprint density at radius 3 is 2.47 bits per heavy atom. The van der Waals surface area contributed by atoms with Gasteiger partial charge in [-0.25, -0.2) is 8.78 Å². The third-order valence-corrected chi connectivity index (χ3v) is 2.74. The molecule has 1 unspecified atom stereocenters. The Balaban J connectivity index is 2.40. The minimum atomic E-state index is -0.706. The van der Waals surface area contributed by atoms with Gasteiger partial charge in [-0.1, -0.05) is 29.8 Å². The topological polar surface area (TPSA) is 26.0 Å². The molecule has 2 N–H and O–H groups in total. The summed E-state index contributed by atoms with van der Waals surface area (Å²) in [5.74, 6) is -0.887. The molecular formula is C13H10ClF2N. The molecule has 0 aliphatic rings. The third-order valence-electron chi connectivity index (χ3n) is 2.51. The van der Waals surface area contributed by atoms with E-state index in [4.69, 9.17) is 17.3 Å². The van der Waals surface area contributed by atoms with Crippen LogP contribution in [0.2, 0.25) is 5.02 Å². The molecule has 88 valence electrons. The molecule has 0 aromatic heterocycles. The summed E-state index contributed by atoms with van der Waals surface area (Å²) in [6.07, 6.45) is 0. The average Bonchev–Trinajstić information content (AvgIpc) is 2.28. The van der Waals surface area contributed by atoms with E-state index in [1.807, 2.05) is 0 Å². The fraction of sp³-hybridized carbons (Fsp3) is 0.0769. The van der Waals surface area contributed by atoms with Crippen molar-refractivity contribution >= 4 is 11.6 Å². The minimum Gasteiger partial charge on any atom is -0.320 e. The Morgan fingerprint density at radius 1 is 1.06 bits per heavy atom. The Morgan fingerprint density at radius 2 is 1.82 bits per heavy atom. The highest BCUT2D eigenvalue weighted by atomic mass is 35.5. The summed E-state index contributed by atoms with van der Waals surface area (Å²) in [6, 6.07) is 9.35. The van der Waals surface area contributed by atoms with Crippen molar-refractivity contribution in [3.05, 3.63) is 70.2 Å². The molecule has 2 rings (SSSR count). The van der Waals surface area contributed by atoms with E-state index in [0.717, 1.165) is 0 Å². The standard InChI is InChI=1S/C13H10ClF2N/c14-9-4-5-11(12(16)7-9)13(17)8-2-1-3-10(15)6-8/h1-7,13H,17H2. The highest BCUT2D eigenvalue weighted by Crippen LogP contribution is 2.24. The van der Waals surface area contributed by atoms with Crippen molar-refractivity contribution < 1.29 is 8.78 Å². The molecule has 4 heteroatoms. The highest BCUT2D eigenvalue weighted by Gasteiger charge is 2.14. The second kappa shape index (κ2) is 4.82. The maximum absolute atomic E-state index is 13.6. The number of nitrogens with two attached hydrogens (primary N) is 1. The van der Waals surface area contributed by atoms with Gasteiger partial charge in [0.15, 0.2) is 0 Å². The van der Waals surface area contributed by atoms with Gasteiger partial charge >= 0.3 is 0 Å². The van der Waals surface area contributed by atoms with Crippen LogP contribution in [0.4, 0.5) is 8.78 Å². The monoisotopic (exact) mass is 253 g/mol. The molecule has 0 aliphatic heterocycles. The predicted molar refractivity (Wildman–Crippen MR) is 63.8 cm³/mol. The van der Waals surface area contributed by atoms with Crippen molar-refractivity contribution in [1.82, 2.24) is 0 Å². The van der Waals surface area contributed by atoms with Gasteiger partial charge in [0, 0.05) is 10.6 Å². The van der Waals surface area contributed by atoms with Crippen LogP contribution in [0, 0.1) is 11.6 Å². The fourth-order valence-electron chi connectivity index (χ4n) is 1.63. The molecule has 0 saturated heterocycles. The van der Waals surface area contributed by atoms with E-state index in [9.17, 15) is 8.78 Å². The lowest BCUT2D eigenvalue weighted by molar-refractivity contribution is 0.596. The quantitative estimate of drug-likeness (QED) is 0.868. The normalized spacial score (nSPS) is 12.5. The van der Waals surface area contributed by atoms with Gasteiger partial charge in [0.25, 0.3) is 0 Å². The SMILES string of the molecule is NC(c1cccc(F)c1)c1ccc(Cl)cc1F. The van der Waals surface area contributed by atoms with Gasteiger partial charge in [-0.2, -0.15) is 0 Å². The summed E-state index contributed by atoms with van der Waals surface area (Å²) in [4.78, 5) is 0. The zero-order valence-electron chi connectivity index (χ0n) is 8.83. The van der Waals surface area contributed by atoms with Gasteiger partial charge in [0.05, 0.1) is 6.04 Å². The van der Waals surface area contributed by atoms with Crippen LogP contribution in [0.5, 0.6) is 0 Å². The van der Waals surface area contributed by atoms with Crippen LogP contribution >= 0.6 is 11.6 Å². The fourth-order valence-corrected chi connectivity index (χ4v) is 1.79. The lowest BCUT2D eigenvalue weighted by Gasteiger charge is -2.13. The van der Waals surface area contributed by atoms with Gasteiger partial charge in [-0.3, -0.25) is 0 Å². The molecule has 0 bridgehead atoms. The molecule has 1 atom stereocenters. The van der Waals surface area contributed by atoms with E-state index in [1.165, 1.54) is 24.3 Å². The largest absolute Gasteiger partial charge is 0.320 e. The molecule has 0 heterocycles. The van der Waals surface area contributed by atoms with Crippen molar-refractivity contribution in [3.8, 4) is 0 Å². The van der Waals surface area contributed by atoms with Crippen molar-refractivity contribution in [2.75, 3.05) is 0 Å². The molecule has 0 radical (unpaired) electrons. The minimum absolute atomic E-state index is 0.292. The van der Waals surface area contributed by atoms with E-state index in [2.05, 4.69) is 0 Å². The maximum Gasteiger partial charge on any atom is 0.129 e. The van der Waals surface area contributed by atoms with Crippen LogP contribution in [0.15, 0.2) is 42.5 Å². The molecule has 0 amide bonds. The Kier molecular flexibility index (Phi) is 3.41. The molecule has 1 nitrogen and oxygen atoms in total. The van der Waals surface area contributed by atoms with Crippen molar-refractivity contribution in [2.45, 2.75) is 6.04 Å². The molecule has 17 heavy (non-hydrogen) atoms. The van der Waals surface area contributed by atoms with Crippen molar-refractivity contribution in [1.29, 1.82) is 0 Å². The first-order chi connectivity index (χ1) is 8.08. The maximum atomic E-state index is 13.6. The number of rotatable bonds is 2. The second-order valence-electron chi connectivity index (χ2n) is 3.70. The summed E-state index contributed by atoms with van der Waals surface area (Å²) in [7, 11) is 0. The van der Waals surface area contributed by atoms with Crippen LogP contribution in [-0.4, -0.2) is 0 Å². The first kappa shape index (κ1) is 12.0. The Bertz CT molecular complexity index is 543. The van der Waals surface area contributed by atoms with Crippen LogP contribution in [0.1, 0.15) is 17.2 Å². The van der Waals surface area contributed by atoms with E-state index in [0.29, 0.717) is 16.1 Å². The molecular weight excluding hydrogens is 244 g/mol. The molecule has 2 aromatic carbocycles. The molecule has 0 fully saturated rings. The predicted octanol–water partition coefficient (Wildman–Crippen LogP) is 3.67. The molecule has 0 saturated carbocycles. The van der Waals surface area contributed by atoms with Gasteiger partial charge < -0.3 is 5.73 Å². The van der Waals surface area contributed by atoms with Gasteiger partial charge in [-0.05, 0) is 29.8 Å². The van der Waals surface area contributed by atoms with Gasteiger partial charge in [-0.15, -0.1) is 0 Å². The number of hydrogen-bond donors (Lipinski definition) is 1. The van der Waals surface area contributed by atoms with E-state index in [-0.39, 0.29) is 0 Å². The summed E-state index contributed by atoms with van der Waals surface area (Å²) < 4.78 is 26.7. The average molecular weight is 254 g/mol. The Hall–Kier alpha value is -1.45. The summed E-state index contributed by atoms with van der Waals surface area (Å²) in [5, 5.41) is 0.303. The second-order valence-corrected chi connectivity index (χ2v) is 4.13. The number of halogens is 3. The summed E-state index contributed by atoms with van der Waals surface area (Å²) in [5.41, 5.74) is 6.70. The third kappa shape index (κ3) is 2.62. The zero-order chi connectivity index (χ0) is 12.4. The van der Waals surface area contributed by atoms with Crippen LogP contribution in [-0.2, 0) is 0 Å². The van der Waals surface area contributed by atoms with E-state index >= 15 is 0 Å². The van der Waals surface area contributed by atoms with Crippen LogP contribution in [0.3, 0.4) is 0 Å². The lowest BCUT2D eigenvalue weighted by Crippen LogP contribution is -2.13. The van der Waals surface area contributed by atoms with E-state index < -0.39 is 17.7 Å². The van der Waals surface area contributed by atoms with Crippen LogP contribution in [0.25, 0.3) is 0 Å². The summed E-state index contributed by atoms with van der Waals surface area (Å²) in [6.45, 7) is 0. The van der Waals surface area contributed by atoms with Crippen molar-refractivity contribution in [2.24, 2.45) is 5.73 Å².